The molecule has 2 aromatic rings. The Hall–Kier alpha value is -2.53. The maximum Gasteiger partial charge on any atom is 0.244 e. The van der Waals surface area contributed by atoms with E-state index in [1.165, 1.54) is 17.7 Å². The number of amides is 1. The summed E-state index contributed by atoms with van der Waals surface area (Å²) in [5.74, 6) is 1.65. The van der Waals surface area contributed by atoms with Crippen molar-refractivity contribution in [2.45, 2.75) is 18.9 Å². The number of hydrogen-bond acceptors (Lipinski definition) is 3. The fourth-order valence-electron chi connectivity index (χ4n) is 3.26. The second-order valence-electron chi connectivity index (χ2n) is 6.29. The number of carbonyl (C=O) groups excluding carboxylic acids is 1. The number of furan rings is 1. The molecule has 0 unspecified atom stereocenters. The van der Waals surface area contributed by atoms with Gasteiger partial charge in [0.1, 0.15) is 5.75 Å². The maximum atomic E-state index is 12.2. The first-order chi connectivity index (χ1) is 12.3. The van der Waals surface area contributed by atoms with E-state index in [9.17, 15) is 4.79 Å². The summed E-state index contributed by atoms with van der Waals surface area (Å²) in [6, 6.07) is 11.7. The Bertz CT molecular complexity index is 686. The second kappa shape index (κ2) is 8.53. The van der Waals surface area contributed by atoms with Crippen LogP contribution in [-0.4, -0.2) is 32.7 Å². The first-order valence-corrected chi connectivity index (χ1v) is 8.74. The van der Waals surface area contributed by atoms with Crippen molar-refractivity contribution < 1.29 is 18.8 Å². The topological polar surface area (TPSA) is 55.9 Å². The van der Waals surface area contributed by atoms with Crippen molar-refractivity contribution in [3.8, 4) is 5.75 Å². The second-order valence-corrected chi connectivity index (χ2v) is 6.29. The largest absolute Gasteiger partial charge is 0.497 e. The van der Waals surface area contributed by atoms with Crippen LogP contribution < -0.4 is 15.0 Å². The Balaban J connectivity index is 1.56. The molecule has 1 saturated heterocycles. The van der Waals surface area contributed by atoms with Gasteiger partial charge in [-0.15, -0.1) is 0 Å². The van der Waals surface area contributed by atoms with Crippen LogP contribution in [0.3, 0.4) is 0 Å². The number of quaternary nitrogens is 1. The van der Waals surface area contributed by atoms with Crippen molar-refractivity contribution in [2.24, 2.45) is 0 Å². The molecule has 0 saturated carbocycles. The molecule has 0 spiro atoms. The van der Waals surface area contributed by atoms with Gasteiger partial charge in [-0.25, -0.2) is 0 Å². The molecule has 2 N–H and O–H groups in total. The van der Waals surface area contributed by atoms with Crippen molar-refractivity contribution in [3.05, 3.63) is 60.1 Å². The third-order valence-corrected chi connectivity index (χ3v) is 4.65. The van der Waals surface area contributed by atoms with Gasteiger partial charge < -0.3 is 19.4 Å². The van der Waals surface area contributed by atoms with Crippen LogP contribution in [0.2, 0.25) is 0 Å². The number of nitrogens with one attached hydrogen (secondary N) is 2. The molecular weight excluding hydrogens is 316 g/mol. The fourth-order valence-corrected chi connectivity index (χ4v) is 3.26. The lowest BCUT2D eigenvalue weighted by Crippen LogP contribution is -3.11. The number of rotatable bonds is 7. The van der Waals surface area contributed by atoms with E-state index < -0.39 is 0 Å². The van der Waals surface area contributed by atoms with Gasteiger partial charge in [0.2, 0.25) is 5.91 Å². The van der Waals surface area contributed by atoms with Gasteiger partial charge in [-0.2, -0.15) is 0 Å². The van der Waals surface area contributed by atoms with E-state index in [1.807, 2.05) is 36.4 Å². The molecule has 1 aliphatic heterocycles. The molecule has 0 radical (unpaired) electrons. The molecule has 132 valence electrons. The Morgan fingerprint density at radius 1 is 1.28 bits per heavy atom. The zero-order valence-corrected chi connectivity index (χ0v) is 14.5. The highest BCUT2D eigenvalue weighted by molar-refractivity contribution is 5.91. The van der Waals surface area contributed by atoms with Gasteiger partial charge in [0.05, 0.1) is 33.0 Å². The molecule has 0 bridgehead atoms. The van der Waals surface area contributed by atoms with Crippen molar-refractivity contribution in [1.29, 1.82) is 0 Å². The molecule has 3 rings (SSSR count). The summed E-state index contributed by atoms with van der Waals surface area (Å²) >= 11 is 0. The van der Waals surface area contributed by atoms with E-state index in [4.69, 9.17) is 9.15 Å². The van der Waals surface area contributed by atoms with Crippen LogP contribution in [0, 0.1) is 0 Å². The highest BCUT2D eigenvalue weighted by atomic mass is 16.5. The van der Waals surface area contributed by atoms with E-state index in [1.54, 1.807) is 25.5 Å². The van der Waals surface area contributed by atoms with Gasteiger partial charge >= 0.3 is 0 Å². The predicted molar refractivity (Wildman–Crippen MR) is 96.4 cm³/mol. The quantitative estimate of drug-likeness (QED) is 0.756. The van der Waals surface area contributed by atoms with Crippen molar-refractivity contribution in [2.75, 3.05) is 26.7 Å². The minimum absolute atomic E-state index is 0.0917. The fraction of sp³-hybridized carbons (Fsp3) is 0.350. The molecule has 1 aromatic carbocycles. The lowest BCUT2D eigenvalue weighted by molar-refractivity contribution is -0.919. The average Bonchev–Trinajstić information content (AvgIpc) is 3.35. The summed E-state index contributed by atoms with van der Waals surface area (Å²) in [7, 11) is 1.64. The molecule has 2 heterocycles. The zero-order valence-electron chi connectivity index (χ0n) is 14.5. The van der Waals surface area contributed by atoms with Gasteiger partial charge in [-0.05, 0) is 35.9 Å². The smallest absolute Gasteiger partial charge is 0.244 e. The summed E-state index contributed by atoms with van der Waals surface area (Å²) in [4.78, 5) is 13.6. The third-order valence-electron chi connectivity index (χ3n) is 4.65. The van der Waals surface area contributed by atoms with Gasteiger partial charge in [-0.1, -0.05) is 12.1 Å². The highest BCUT2D eigenvalue weighted by Crippen LogP contribution is 2.13. The molecule has 1 atom stereocenters. The lowest BCUT2D eigenvalue weighted by Gasteiger charge is -2.22. The Kier molecular flexibility index (Phi) is 5.90. The van der Waals surface area contributed by atoms with Crippen LogP contribution in [-0.2, 0) is 4.79 Å². The molecular formula is C20H25N2O3+. The molecule has 1 aromatic heterocycles. The number of methoxy groups -OCH3 is 1. The number of carbonyl (C=O) groups is 1. The van der Waals surface area contributed by atoms with Gasteiger partial charge in [0.25, 0.3) is 0 Å². The molecule has 5 nitrogen and oxygen atoms in total. The van der Waals surface area contributed by atoms with E-state index >= 15 is 0 Å². The van der Waals surface area contributed by atoms with Crippen LogP contribution >= 0.6 is 0 Å². The Morgan fingerprint density at radius 3 is 2.68 bits per heavy atom. The maximum absolute atomic E-state index is 12.2. The predicted octanol–water partition coefficient (Wildman–Crippen LogP) is 1.84. The van der Waals surface area contributed by atoms with Gasteiger partial charge in [-0.3, -0.25) is 4.79 Å². The Morgan fingerprint density at radius 2 is 2.04 bits per heavy atom. The van der Waals surface area contributed by atoms with Crippen LogP contribution in [0.15, 0.2) is 53.2 Å². The van der Waals surface area contributed by atoms with E-state index in [2.05, 4.69) is 5.32 Å². The van der Waals surface area contributed by atoms with Crippen LogP contribution in [0.25, 0.3) is 6.08 Å². The van der Waals surface area contributed by atoms with Crippen molar-refractivity contribution >= 4 is 12.0 Å². The van der Waals surface area contributed by atoms with E-state index in [0.29, 0.717) is 6.54 Å². The number of benzene rings is 1. The average molecular weight is 341 g/mol. The minimum atomic E-state index is -0.0917. The molecule has 1 aliphatic rings. The molecule has 0 aliphatic carbocycles. The normalized spacial score (nSPS) is 16.2. The van der Waals surface area contributed by atoms with Gasteiger partial charge in [0, 0.05) is 18.9 Å². The standard InChI is InChI=1S/C20H24N2O3/c1-24-17-9-6-16(7-10-17)8-11-20(23)21-15-18(19-5-4-14-25-19)22-12-2-3-13-22/h4-11,14,18H,2-3,12-13,15H2,1H3,(H,21,23)/p+1/b11-8+/t18-/m1/s1. The first kappa shape index (κ1) is 17.3. The summed E-state index contributed by atoms with van der Waals surface area (Å²) < 4.78 is 10.7. The number of likely N-dealkylation sites (tertiary alicyclic amines) is 1. The molecule has 1 amide bonds. The SMILES string of the molecule is COc1ccc(/C=C/C(=O)NC[C@H](c2ccco2)[NH+]2CCCC2)cc1. The number of hydrogen-bond donors (Lipinski definition) is 2. The third kappa shape index (κ3) is 4.73. The summed E-state index contributed by atoms with van der Waals surface area (Å²) in [6.45, 7) is 2.83. The van der Waals surface area contributed by atoms with Crippen LogP contribution in [0.5, 0.6) is 5.75 Å². The van der Waals surface area contributed by atoms with Crippen LogP contribution in [0.4, 0.5) is 0 Å². The Labute approximate surface area is 148 Å². The van der Waals surface area contributed by atoms with E-state index in [-0.39, 0.29) is 11.9 Å². The highest BCUT2D eigenvalue weighted by Gasteiger charge is 2.29. The zero-order chi connectivity index (χ0) is 17.5. The van der Waals surface area contributed by atoms with Gasteiger partial charge in [0.15, 0.2) is 11.8 Å². The lowest BCUT2D eigenvalue weighted by atomic mass is 10.2. The minimum Gasteiger partial charge on any atom is -0.497 e. The monoisotopic (exact) mass is 341 g/mol. The number of ether oxygens (including phenoxy) is 1. The van der Waals surface area contributed by atoms with Crippen LogP contribution in [0.1, 0.15) is 30.2 Å². The summed E-state index contributed by atoms with van der Waals surface area (Å²) in [5, 5.41) is 3.01. The van der Waals surface area contributed by atoms with Crippen molar-refractivity contribution in [1.82, 2.24) is 5.32 Å². The molecule has 1 fully saturated rings. The summed E-state index contributed by atoms with van der Waals surface area (Å²) in [5.41, 5.74) is 0.962. The summed E-state index contributed by atoms with van der Waals surface area (Å²) in [6.07, 6.45) is 7.54. The molecule has 25 heavy (non-hydrogen) atoms. The first-order valence-electron chi connectivity index (χ1n) is 8.74. The molecule has 5 heteroatoms. The van der Waals surface area contributed by atoms with E-state index in [0.717, 1.165) is 30.2 Å². The van der Waals surface area contributed by atoms with Crippen molar-refractivity contribution in [3.63, 3.8) is 0 Å².